The maximum absolute atomic E-state index is 13.0. The van der Waals surface area contributed by atoms with Gasteiger partial charge >= 0.3 is 18.3 Å². The highest BCUT2D eigenvalue weighted by Gasteiger charge is 2.33. The summed E-state index contributed by atoms with van der Waals surface area (Å²) in [6.45, 7) is -3.64. The number of carbonyl (C=O) groups excluding carboxylic acids is 1. The molecule has 1 atom stereocenters. The van der Waals surface area contributed by atoms with Gasteiger partial charge < -0.3 is 14.2 Å². The number of ether oxygens (including phenoxy) is 3. The fourth-order valence-electron chi connectivity index (χ4n) is 2.64. The van der Waals surface area contributed by atoms with Crippen molar-refractivity contribution in [1.29, 1.82) is 0 Å². The molecule has 0 unspecified atom stereocenters. The summed E-state index contributed by atoms with van der Waals surface area (Å²) in [7, 11) is -3.79. The minimum Gasteiger partial charge on any atom is -0.484 e. The maximum Gasteiger partial charge on any atom is 0.422 e. The fourth-order valence-corrected chi connectivity index (χ4v) is 5.10. The van der Waals surface area contributed by atoms with Crippen molar-refractivity contribution in [2.75, 3.05) is 26.1 Å². The number of benzene rings is 2. The number of nitrogens with one attached hydrogen (secondary N) is 1. The molecule has 2 rings (SSSR count). The number of rotatable bonds is 12. The van der Waals surface area contributed by atoms with Crippen molar-refractivity contribution in [3.63, 3.8) is 0 Å². The van der Waals surface area contributed by atoms with Gasteiger partial charge in [-0.1, -0.05) is 30.3 Å². The predicted octanol–water partition coefficient (Wildman–Crippen LogP) is 4.32. The van der Waals surface area contributed by atoms with Crippen LogP contribution in [0.25, 0.3) is 0 Å². The van der Waals surface area contributed by atoms with Crippen LogP contribution in [0.3, 0.4) is 0 Å². The minimum atomic E-state index is -4.83. The number of thioether (sulfide) groups is 1. The van der Waals surface area contributed by atoms with Crippen LogP contribution in [-0.4, -0.2) is 58.9 Å². The van der Waals surface area contributed by atoms with Gasteiger partial charge in [-0.2, -0.15) is 42.8 Å². The molecule has 0 amide bonds. The van der Waals surface area contributed by atoms with E-state index in [0.29, 0.717) is 11.8 Å². The first-order valence-electron chi connectivity index (χ1n) is 9.95. The van der Waals surface area contributed by atoms with Crippen molar-refractivity contribution >= 4 is 27.8 Å². The van der Waals surface area contributed by atoms with Crippen LogP contribution >= 0.6 is 11.8 Å². The Labute approximate surface area is 207 Å². The van der Waals surface area contributed by atoms with Gasteiger partial charge in [-0.05, 0) is 17.7 Å². The Balaban J connectivity index is 2.29. The molecule has 0 aromatic heterocycles. The molecule has 0 aliphatic rings. The van der Waals surface area contributed by atoms with Crippen molar-refractivity contribution < 1.29 is 53.8 Å². The van der Waals surface area contributed by atoms with Gasteiger partial charge in [0.1, 0.15) is 22.4 Å². The van der Waals surface area contributed by atoms with Crippen LogP contribution in [-0.2, 0) is 25.3 Å². The van der Waals surface area contributed by atoms with Crippen LogP contribution in [0.2, 0.25) is 0 Å². The second-order valence-corrected chi connectivity index (χ2v) is 9.83. The van der Waals surface area contributed by atoms with E-state index >= 15 is 0 Å². The van der Waals surface area contributed by atoms with Gasteiger partial charge in [-0.3, -0.25) is 4.79 Å². The molecule has 36 heavy (non-hydrogen) atoms. The molecule has 200 valence electrons. The summed E-state index contributed by atoms with van der Waals surface area (Å²) in [5.41, 5.74) is 0.881. The zero-order valence-electron chi connectivity index (χ0n) is 18.6. The lowest BCUT2D eigenvalue weighted by molar-refractivity contribution is -0.154. The first kappa shape index (κ1) is 29.6. The largest absolute Gasteiger partial charge is 0.484 e. The van der Waals surface area contributed by atoms with E-state index in [1.807, 2.05) is 4.72 Å². The molecule has 7 nitrogen and oxygen atoms in total. The number of methoxy groups -OCH3 is 1. The lowest BCUT2D eigenvalue weighted by atomic mass is 10.2. The Hall–Kier alpha value is -2.65. The number of esters is 1. The molecule has 0 spiro atoms. The zero-order chi connectivity index (χ0) is 27.0. The van der Waals surface area contributed by atoms with Gasteiger partial charge in [-0.15, -0.1) is 0 Å². The average molecular weight is 562 g/mol. The molecule has 0 aliphatic heterocycles. The van der Waals surface area contributed by atoms with E-state index < -0.39 is 64.0 Å². The Bertz CT molecular complexity index is 1110. The number of hydrogen-bond acceptors (Lipinski definition) is 7. The molecule has 0 bridgehead atoms. The molecule has 15 heteroatoms. The van der Waals surface area contributed by atoms with Crippen LogP contribution in [0.1, 0.15) is 5.56 Å². The lowest BCUT2D eigenvalue weighted by Gasteiger charge is -2.19. The maximum atomic E-state index is 13.0. The second-order valence-electron chi connectivity index (χ2n) is 7.11. The first-order valence-corrected chi connectivity index (χ1v) is 12.6. The molecule has 0 saturated carbocycles. The number of carbonyl (C=O) groups is 1. The molecule has 0 saturated heterocycles. The van der Waals surface area contributed by atoms with Gasteiger partial charge in [0.25, 0.3) is 0 Å². The number of halogens is 6. The summed E-state index contributed by atoms with van der Waals surface area (Å²) >= 11 is 1.17. The third-order valence-electron chi connectivity index (χ3n) is 4.18. The number of sulfonamides is 1. The molecule has 0 aliphatic carbocycles. The van der Waals surface area contributed by atoms with E-state index in [2.05, 4.69) is 14.2 Å². The van der Waals surface area contributed by atoms with Gasteiger partial charge in [0, 0.05) is 17.6 Å². The van der Waals surface area contributed by atoms with Crippen molar-refractivity contribution in [3.8, 4) is 11.5 Å². The summed E-state index contributed by atoms with van der Waals surface area (Å²) < 4.78 is 117. The molecule has 2 aromatic rings. The molecule has 1 N–H and O–H groups in total. The molecule has 2 aromatic carbocycles. The SMILES string of the molecule is COC(=O)[C@H](CSCc1ccccc1)NS(=O)(=O)c1cc(OCC(F)(F)F)ccc1OCC(F)(F)F. The van der Waals surface area contributed by atoms with Crippen molar-refractivity contribution in [3.05, 3.63) is 54.1 Å². The van der Waals surface area contributed by atoms with Crippen molar-refractivity contribution in [2.24, 2.45) is 0 Å². The van der Waals surface area contributed by atoms with Gasteiger partial charge in [0.15, 0.2) is 13.2 Å². The highest BCUT2D eigenvalue weighted by atomic mass is 32.2. The second kappa shape index (κ2) is 12.5. The van der Waals surface area contributed by atoms with Crippen LogP contribution in [0.4, 0.5) is 26.3 Å². The Morgan fingerprint density at radius 1 is 0.972 bits per heavy atom. The standard InChI is InChI=1S/C21H21F6NO6S2/c1-32-19(29)16(11-35-10-14-5-3-2-4-6-14)28-36(30,31)18-9-15(33-12-20(22,23)24)7-8-17(18)34-13-21(25,26)27/h2-9,16,28H,10-13H2,1H3/t16-/m0/s1. The van der Waals surface area contributed by atoms with E-state index in [9.17, 15) is 39.6 Å². The Kier molecular flexibility index (Phi) is 10.3. The van der Waals surface area contributed by atoms with E-state index in [0.717, 1.165) is 24.8 Å². The lowest BCUT2D eigenvalue weighted by Crippen LogP contribution is -2.43. The van der Waals surface area contributed by atoms with Crippen LogP contribution in [0.15, 0.2) is 53.4 Å². The summed E-state index contributed by atoms with van der Waals surface area (Å²) in [4.78, 5) is 11.2. The van der Waals surface area contributed by atoms with Gasteiger partial charge in [0.2, 0.25) is 10.0 Å². The summed E-state index contributed by atoms with van der Waals surface area (Å²) in [5.74, 6) is -2.11. The quantitative estimate of drug-likeness (QED) is 0.305. The molecular weight excluding hydrogens is 540 g/mol. The van der Waals surface area contributed by atoms with E-state index in [1.54, 1.807) is 30.3 Å². The van der Waals surface area contributed by atoms with Crippen LogP contribution in [0, 0.1) is 0 Å². The van der Waals surface area contributed by atoms with Crippen molar-refractivity contribution in [2.45, 2.75) is 29.0 Å². The topological polar surface area (TPSA) is 90.9 Å². The van der Waals surface area contributed by atoms with E-state index in [4.69, 9.17) is 0 Å². The predicted molar refractivity (Wildman–Crippen MR) is 118 cm³/mol. The highest BCUT2D eigenvalue weighted by Crippen LogP contribution is 2.31. The summed E-state index contributed by atoms with van der Waals surface area (Å²) in [5, 5.41) is 0. The average Bonchev–Trinajstić information content (AvgIpc) is 2.80. The van der Waals surface area contributed by atoms with Crippen molar-refractivity contribution in [1.82, 2.24) is 4.72 Å². The third kappa shape index (κ3) is 10.1. The van der Waals surface area contributed by atoms with Gasteiger partial charge in [-0.25, -0.2) is 8.42 Å². The van der Waals surface area contributed by atoms with Crippen LogP contribution in [0.5, 0.6) is 11.5 Å². The zero-order valence-corrected chi connectivity index (χ0v) is 20.2. The summed E-state index contributed by atoms with van der Waals surface area (Å²) in [6, 6.07) is 9.63. The first-order chi connectivity index (χ1) is 16.7. The summed E-state index contributed by atoms with van der Waals surface area (Å²) in [6.07, 6.45) is -9.59. The van der Waals surface area contributed by atoms with Crippen LogP contribution < -0.4 is 14.2 Å². The smallest absolute Gasteiger partial charge is 0.422 e. The minimum absolute atomic E-state index is 0.121. The fraction of sp³-hybridized carbons (Fsp3) is 0.381. The monoisotopic (exact) mass is 561 g/mol. The normalized spacial score (nSPS) is 13.2. The highest BCUT2D eigenvalue weighted by molar-refractivity contribution is 7.98. The van der Waals surface area contributed by atoms with E-state index in [-0.39, 0.29) is 5.75 Å². The Morgan fingerprint density at radius 2 is 1.58 bits per heavy atom. The molecule has 0 radical (unpaired) electrons. The Morgan fingerprint density at radius 3 is 2.17 bits per heavy atom. The van der Waals surface area contributed by atoms with Gasteiger partial charge in [0.05, 0.1) is 7.11 Å². The molecular formula is C21H21F6NO6S2. The third-order valence-corrected chi connectivity index (χ3v) is 6.78. The number of hydrogen-bond donors (Lipinski definition) is 1. The molecule has 0 heterocycles. The number of alkyl halides is 6. The van der Waals surface area contributed by atoms with E-state index in [1.165, 1.54) is 11.8 Å². The molecule has 0 fully saturated rings.